The molecule has 0 aromatic heterocycles. The molecule has 0 amide bonds. The maximum absolute atomic E-state index is 2.36. The molecular weight excluding hydrogens is 240 g/mol. The van der Waals surface area contributed by atoms with Gasteiger partial charge in [0.1, 0.15) is 0 Å². The van der Waals surface area contributed by atoms with E-state index < -0.39 is 0 Å². The van der Waals surface area contributed by atoms with E-state index >= 15 is 0 Å². The fraction of sp³-hybridized carbons (Fsp3) is 0.300. The van der Waals surface area contributed by atoms with Crippen molar-refractivity contribution in [2.45, 2.75) is 33.6 Å². The summed E-state index contributed by atoms with van der Waals surface area (Å²) in [5.41, 5.74) is 8.85. The van der Waals surface area contributed by atoms with Gasteiger partial charge < -0.3 is 0 Å². The number of hydrogen-bond donors (Lipinski definition) is 0. The van der Waals surface area contributed by atoms with E-state index in [4.69, 9.17) is 0 Å². The third kappa shape index (κ3) is 2.00. The van der Waals surface area contributed by atoms with Crippen molar-refractivity contribution >= 4 is 0 Å². The molecule has 4 aliphatic carbocycles. The lowest BCUT2D eigenvalue weighted by atomic mass is 9.67. The molecule has 0 saturated carbocycles. The second-order valence-electron chi connectivity index (χ2n) is 5.78. The van der Waals surface area contributed by atoms with Crippen LogP contribution in [0.3, 0.4) is 0 Å². The second-order valence-corrected chi connectivity index (χ2v) is 5.78. The van der Waals surface area contributed by atoms with Crippen LogP contribution in [0.1, 0.15) is 33.6 Å². The second kappa shape index (κ2) is 5.28. The first kappa shape index (κ1) is 13.2. The highest BCUT2D eigenvalue weighted by molar-refractivity contribution is 5.68. The van der Waals surface area contributed by atoms with Gasteiger partial charge in [-0.05, 0) is 46.8 Å². The van der Waals surface area contributed by atoms with Crippen molar-refractivity contribution in [3.63, 3.8) is 0 Å². The molecule has 1 atom stereocenters. The highest BCUT2D eigenvalue weighted by Gasteiger charge is 2.33. The summed E-state index contributed by atoms with van der Waals surface area (Å²) in [5.74, 6) is 0.503. The van der Waals surface area contributed by atoms with Gasteiger partial charge in [0.25, 0.3) is 0 Å². The predicted molar refractivity (Wildman–Crippen MR) is 87.4 cm³/mol. The summed E-state index contributed by atoms with van der Waals surface area (Å²) in [7, 11) is 0. The van der Waals surface area contributed by atoms with E-state index in [0.717, 1.165) is 6.42 Å². The molecule has 0 heterocycles. The molecule has 20 heavy (non-hydrogen) atoms. The molecule has 4 rings (SSSR count). The molecule has 102 valence electrons. The first-order chi connectivity index (χ1) is 9.76. The molecule has 0 bridgehead atoms. The van der Waals surface area contributed by atoms with Crippen molar-refractivity contribution in [2.24, 2.45) is 5.92 Å². The standard InChI is InChI=1S/C17H14.C3H8/c1-11-10-14-6-2-4-12-8-9-13-5-3-7-15(11)17(13)16(12)14;1-3-2/h2-6,8-10,16H,7H2,1H3;3H2,1-2H3. The van der Waals surface area contributed by atoms with Crippen LogP contribution in [0.25, 0.3) is 0 Å². The fourth-order valence-electron chi connectivity index (χ4n) is 3.33. The molecule has 0 fully saturated rings. The van der Waals surface area contributed by atoms with Crippen LogP contribution in [0.4, 0.5) is 0 Å². The number of hydrogen-bond acceptors (Lipinski definition) is 0. The summed E-state index contributed by atoms with van der Waals surface area (Å²) in [4.78, 5) is 0. The maximum Gasteiger partial charge on any atom is 0.0348 e. The van der Waals surface area contributed by atoms with E-state index in [-0.39, 0.29) is 0 Å². The average Bonchev–Trinajstić information content (AvgIpc) is 2.47. The molecule has 0 radical (unpaired) electrons. The largest absolute Gasteiger partial charge is 0.0795 e. The van der Waals surface area contributed by atoms with Crippen LogP contribution in [0.15, 0.2) is 82.0 Å². The van der Waals surface area contributed by atoms with Gasteiger partial charge in [-0.2, -0.15) is 0 Å². The Morgan fingerprint density at radius 1 is 1.05 bits per heavy atom. The Bertz CT molecular complexity index is 640. The van der Waals surface area contributed by atoms with Gasteiger partial charge in [-0.25, -0.2) is 0 Å². The van der Waals surface area contributed by atoms with Crippen molar-refractivity contribution in [3.05, 3.63) is 82.0 Å². The van der Waals surface area contributed by atoms with E-state index in [1.807, 2.05) is 0 Å². The van der Waals surface area contributed by atoms with Crippen LogP contribution in [-0.2, 0) is 0 Å². The van der Waals surface area contributed by atoms with Crippen LogP contribution in [0.5, 0.6) is 0 Å². The number of allylic oxidation sites excluding steroid dienone is 14. The first-order valence-corrected chi connectivity index (χ1v) is 7.65. The van der Waals surface area contributed by atoms with Crippen molar-refractivity contribution in [3.8, 4) is 0 Å². The molecular formula is C20H22. The van der Waals surface area contributed by atoms with E-state index in [1.54, 1.807) is 11.1 Å². The smallest absolute Gasteiger partial charge is 0.0348 e. The maximum atomic E-state index is 2.36. The minimum atomic E-state index is 0.503. The Hall–Kier alpha value is -1.82. The molecule has 0 aromatic carbocycles. The minimum Gasteiger partial charge on any atom is -0.0795 e. The van der Waals surface area contributed by atoms with Crippen molar-refractivity contribution in [1.82, 2.24) is 0 Å². The molecule has 0 N–H and O–H groups in total. The summed E-state index contributed by atoms with van der Waals surface area (Å²) < 4.78 is 0. The van der Waals surface area contributed by atoms with Crippen LogP contribution < -0.4 is 0 Å². The monoisotopic (exact) mass is 262 g/mol. The molecule has 0 aromatic rings. The van der Waals surface area contributed by atoms with Gasteiger partial charge in [-0.15, -0.1) is 0 Å². The lowest BCUT2D eigenvalue weighted by Crippen LogP contribution is -2.21. The van der Waals surface area contributed by atoms with Crippen LogP contribution in [0.2, 0.25) is 0 Å². The average molecular weight is 262 g/mol. The van der Waals surface area contributed by atoms with Crippen molar-refractivity contribution in [2.75, 3.05) is 0 Å². The Labute approximate surface area is 122 Å². The Kier molecular flexibility index (Phi) is 3.48. The highest BCUT2D eigenvalue weighted by Crippen LogP contribution is 2.48. The lowest BCUT2D eigenvalue weighted by Gasteiger charge is -2.36. The van der Waals surface area contributed by atoms with Crippen LogP contribution >= 0.6 is 0 Å². The minimum absolute atomic E-state index is 0.503. The van der Waals surface area contributed by atoms with Gasteiger partial charge in [0.05, 0.1) is 0 Å². The SMILES string of the molecule is CC1=CC2=CC=CC3=CC=C4C=CCC1=C4C32.CCC. The third-order valence-corrected chi connectivity index (χ3v) is 4.10. The van der Waals surface area contributed by atoms with E-state index in [0.29, 0.717) is 5.92 Å². The molecule has 4 aliphatic rings. The van der Waals surface area contributed by atoms with Crippen LogP contribution in [0, 0.1) is 5.92 Å². The Balaban J connectivity index is 0.000000373. The zero-order chi connectivity index (χ0) is 14.1. The first-order valence-electron chi connectivity index (χ1n) is 7.65. The van der Waals surface area contributed by atoms with E-state index in [2.05, 4.69) is 69.4 Å². The van der Waals surface area contributed by atoms with Gasteiger partial charge >= 0.3 is 0 Å². The molecule has 0 saturated heterocycles. The molecule has 0 nitrogen and oxygen atoms in total. The summed E-state index contributed by atoms with van der Waals surface area (Å²) in [5, 5.41) is 0. The van der Waals surface area contributed by atoms with Gasteiger partial charge in [-0.3, -0.25) is 0 Å². The van der Waals surface area contributed by atoms with Gasteiger partial charge in [-0.1, -0.05) is 68.9 Å². The zero-order valence-electron chi connectivity index (χ0n) is 12.6. The Morgan fingerprint density at radius 3 is 2.65 bits per heavy atom. The number of rotatable bonds is 0. The Morgan fingerprint density at radius 2 is 1.85 bits per heavy atom. The predicted octanol–water partition coefficient (Wildman–Crippen LogP) is 5.60. The molecule has 0 heteroatoms. The third-order valence-electron chi connectivity index (χ3n) is 4.10. The molecule has 0 aliphatic heterocycles. The summed E-state index contributed by atoms with van der Waals surface area (Å²) >= 11 is 0. The van der Waals surface area contributed by atoms with Crippen LogP contribution in [-0.4, -0.2) is 0 Å². The quantitative estimate of drug-likeness (QED) is 0.533. The lowest BCUT2D eigenvalue weighted by molar-refractivity contribution is 0.825. The topological polar surface area (TPSA) is 0 Å². The van der Waals surface area contributed by atoms with Crippen molar-refractivity contribution in [1.29, 1.82) is 0 Å². The highest BCUT2D eigenvalue weighted by atomic mass is 14.4. The van der Waals surface area contributed by atoms with Gasteiger partial charge in [0.2, 0.25) is 0 Å². The van der Waals surface area contributed by atoms with E-state index in [1.165, 1.54) is 28.7 Å². The van der Waals surface area contributed by atoms with Gasteiger partial charge in [0, 0.05) is 5.92 Å². The normalized spacial score (nSPS) is 24.9. The van der Waals surface area contributed by atoms with E-state index in [9.17, 15) is 0 Å². The van der Waals surface area contributed by atoms with Gasteiger partial charge in [0.15, 0.2) is 0 Å². The summed E-state index contributed by atoms with van der Waals surface area (Å²) in [6.45, 7) is 6.49. The zero-order valence-corrected chi connectivity index (χ0v) is 12.6. The molecule has 1 unspecified atom stereocenters. The molecule has 0 spiro atoms. The van der Waals surface area contributed by atoms with Crippen molar-refractivity contribution < 1.29 is 0 Å². The fourth-order valence-corrected chi connectivity index (χ4v) is 3.33. The summed E-state index contributed by atoms with van der Waals surface area (Å²) in [6.07, 6.45) is 20.5. The summed E-state index contributed by atoms with van der Waals surface area (Å²) in [6, 6.07) is 0.